The number of morpholine rings is 1. The lowest BCUT2D eigenvalue weighted by Gasteiger charge is -2.36. The van der Waals surface area contributed by atoms with E-state index in [-0.39, 0.29) is 0 Å². The molecule has 1 saturated heterocycles. The van der Waals surface area contributed by atoms with Crippen molar-refractivity contribution in [1.82, 2.24) is 10.2 Å². The summed E-state index contributed by atoms with van der Waals surface area (Å²) in [6.45, 7) is 9.74. The molecule has 1 N–H and O–H groups in total. The number of hydrogen-bond acceptors (Lipinski definition) is 3. The van der Waals surface area contributed by atoms with Crippen LogP contribution in [0.2, 0.25) is 0 Å². The first-order valence-corrected chi connectivity index (χ1v) is 6.31. The summed E-state index contributed by atoms with van der Waals surface area (Å²) in [4.78, 5) is 2.62. The largest absolute Gasteiger partial charge is 0.378 e. The standard InChI is InChI=1S/C12H24N2O/c1-10(2)13-7-12-9-15-6-5-14(12)8-11-3-4-11/h10-13H,3-9H2,1-2H3. The molecule has 0 aromatic carbocycles. The number of nitrogens with zero attached hydrogens (tertiary/aromatic N) is 1. The highest BCUT2D eigenvalue weighted by Crippen LogP contribution is 2.30. The van der Waals surface area contributed by atoms with Crippen molar-refractivity contribution < 1.29 is 4.74 Å². The molecule has 0 amide bonds. The van der Waals surface area contributed by atoms with Gasteiger partial charge < -0.3 is 10.1 Å². The second kappa shape index (κ2) is 5.28. The Kier molecular flexibility index (Phi) is 4.00. The molecule has 0 radical (unpaired) electrons. The zero-order valence-corrected chi connectivity index (χ0v) is 10.0. The van der Waals surface area contributed by atoms with Gasteiger partial charge >= 0.3 is 0 Å². The topological polar surface area (TPSA) is 24.5 Å². The van der Waals surface area contributed by atoms with Gasteiger partial charge in [0.1, 0.15) is 0 Å². The first kappa shape index (κ1) is 11.4. The molecule has 1 unspecified atom stereocenters. The van der Waals surface area contributed by atoms with Gasteiger partial charge in [0, 0.05) is 31.7 Å². The van der Waals surface area contributed by atoms with Gasteiger partial charge in [0.05, 0.1) is 13.2 Å². The van der Waals surface area contributed by atoms with E-state index in [1.165, 1.54) is 19.4 Å². The van der Waals surface area contributed by atoms with Crippen molar-refractivity contribution >= 4 is 0 Å². The fraction of sp³-hybridized carbons (Fsp3) is 1.00. The van der Waals surface area contributed by atoms with Crippen molar-refractivity contribution in [3.05, 3.63) is 0 Å². The summed E-state index contributed by atoms with van der Waals surface area (Å²) >= 11 is 0. The highest BCUT2D eigenvalue weighted by molar-refractivity contribution is 4.84. The Labute approximate surface area is 93.2 Å². The van der Waals surface area contributed by atoms with Gasteiger partial charge in [-0.3, -0.25) is 4.90 Å². The van der Waals surface area contributed by atoms with Crippen LogP contribution in [0, 0.1) is 5.92 Å². The van der Waals surface area contributed by atoms with E-state index in [4.69, 9.17) is 4.74 Å². The molecule has 3 heteroatoms. The zero-order valence-electron chi connectivity index (χ0n) is 10.0. The van der Waals surface area contributed by atoms with Crippen LogP contribution in [0.15, 0.2) is 0 Å². The minimum absolute atomic E-state index is 0.578. The van der Waals surface area contributed by atoms with Crippen LogP contribution in [0.25, 0.3) is 0 Å². The number of nitrogens with one attached hydrogen (secondary N) is 1. The quantitative estimate of drug-likeness (QED) is 0.738. The summed E-state index contributed by atoms with van der Waals surface area (Å²) < 4.78 is 5.56. The van der Waals surface area contributed by atoms with Gasteiger partial charge in [-0.05, 0) is 18.8 Å². The first-order valence-electron chi connectivity index (χ1n) is 6.31. The molecule has 1 atom stereocenters. The van der Waals surface area contributed by atoms with Crippen molar-refractivity contribution in [3.8, 4) is 0 Å². The molecule has 2 aliphatic rings. The molecule has 0 spiro atoms. The van der Waals surface area contributed by atoms with Crippen LogP contribution < -0.4 is 5.32 Å². The summed E-state index contributed by atoms with van der Waals surface area (Å²) in [5.74, 6) is 0.990. The lowest BCUT2D eigenvalue weighted by Crippen LogP contribution is -2.51. The molecule has 1 saturated carbocycles. The van der Waals surface area contributed by atoms with E-state index in [0.717, 1.165) is 32.2 Å². The second-order valence-electron chi connectivity index (χ2n) is 5.23. The zero-order chi connectivity index (χ0) is 10.7. The Morgan fingerprint density at radius 3 is 2.87 bits per heavy atom. The number of hydrogen-bond donors (Lipinski definition) is 1. The average Bonchev–Trinajstić information content (AvgIpc) is 3.00. The smallest absolute Gasteiger partial charge is 0.0634 e. The minimum atomic E-state index is 0.578. The maximum atomic E-state index is 5.56. The van der Waals surface area contributed by atoms with Gasteiger partial charge in [-0.25, -0.2) is 0 Å². The Morgan fingerprint density at radius 2 is 2.20 bits per heavy atom. The molecular formula is C12H24N2O. The van der Waals surface area contributed by atoms with E-state index >= 15 is 0 Å². The van der Waals surface area contributed by atoms with Crippen LogP contribution in [0.3, 0.4) is 0 Å². The van der Waals surface area contributed by atoms with Crippen LogP contribution in [0.4, 0.5) is 0 Å². The van der Waals surface area contributed by atoms with Crippen molar-refractivity contribution in [1.29, 1.82) is 0 Å². The summed E-state index contributed by atoms with van der Waals surface area (Å²) in [7, 11) is 0. The maximum absolute atomic E-state index is 5.56. The fourth-order valence-electron chi connectivity index (χ4n) is 2.12. The van der Waals surface area contributed by atoms with Gasteiger partial charge in [-0.15, -0.1) is 0 Å². The third-order valence-electron chi connectivity index (χ3n) is 3.30. The SMILES string of the molecule is CC(C)NCC1COCCN1CC1CC1. The molecule has 2 fully saturated rings. The average molecular weight is 212 g/mol. The molecular weight excluding hydrogens is 188 g/mol. The van der Waals surface area contributed by atoms with Crippen molar-refractivity contribution in [2.24, 2.45) is 5.92 Å². The highest BCUT2D eigenvalue weighted by atomic mass is 16.5. The molecule has 2 rings (SSSR count). The van der Waals surface area contributed by atoms with E-state index in [0.29, 0.717) is 12.1 Å². The van der Waals surface area contributed by atoms with Gasteiger partial charge in [0.2, 0.25) is 0 Å². The molecule has 0 bridgehead atoms. The summed E-state index contributed by atoms with van der Waals surface area (Å²) in [5, 5.41) is 3.52. The van der Waals surface area contributed by atoms with Gasteiger partial charge in [0.25, 0.3) is 0 Å². The number of rotatable bonds is 5. The normalized spacial score (nSPS) is 28.6. The van der Waals surface area contributed by atoms with Crippen LogP contribution in [-0.2, 0) is 4.74 Å². The van der Waals surface area contributed by atoms with Crippen molar-refractivity contribution in [2.75, 3.05) is 32.8 Å². The predicted octanol–water partition coefficient (Wildman–Crippen LogP) is 1.10. The molecule has 0 aromatic heterocycles. The Morgan fingerprint density at radius 1 is 1.40 bits per heavy atom. The maximum Gasteiger partial charge on any atom is 0.0634 e. The van der Waals surface area contributed by atoms with E-state index in [9.17, 15) is 0 Å². The molecule has 3 nitrogen and oxygen atoms in total. The second-order valence-corrected chi connectivity index (χ2v) is 5.23. The Hall–Kier alpha value is -0.120. The minimum Gasteiger partial charge on any atom is -0.378 e. The molecule has 88 valence electrons. The molecule has 1 aliphatic heterocycles. The lowest BCUT2D eigenvalue weighted by molar-refractivity contribution is -0.00934. The number of ether oxygens (including phenoxy) is 1. The van der Waals surface area contributed by atoms with E-state index in [1.807, 2.05) is 0 Å². The lowest BCUT2D eigenvalue weighted by atomic mass is 10.2. The fourth-order valence-corrected chi connectivity index (χ4v) is 2.12. The molecule has 1 aliphatic carbocycles. The van der Waals surface area contributed by atoms with E-state index < -0.39 is 0 Å². The molecule has 1 heterocycles. The molecule has 0 aromatic rings. The van der Waals surface area contributed by atoms with Crippen LogP contribution in [0.5, 0.6) is 0 Å². The first-order chi connectivity index (χ1) is 7.25. The van der Waals surface area contributed by atoms with Crippen LogP contribution >= 0.6 is 0 Å². The predicted molar refractivity (Wildman–Crippen MR) is 62.0 cm³/mol. The van der Waals surface area contributed by atoms with Gasteiger partial charge in [-0.1, -0.05) is 13.8 Å². The summed E-state index contributed by atoms with van der Waals surface area (Å²) in [6.07, 6.45) is 2.89. The monoisotopic (exact) mass is 212 g/mol. The van der Waals surface area contributed by atoms with E-state index in [1.54, 1.807) is 0 Å². The summed E-state index contributed by atoms with van der Waals surface area (Å²) in [5.41, 5.74) is 0. The van der Waals surface area contributed by atoms with Gasteiger partial charge in [0.15, 0.2) is 0 Å². The highest BCUT2D eigenvalue weighted by Gasteiger charge is 2.29. The van der Waals surface area contributed by atoms with Crippen LogP contribution in [0.1, 0.15) is 26.7 Å². The Balaban J connectivity index is 1.76. The third kappa shape index (κ3) is 3.74. The Bertz CT molecular complexity index is 192. The third-order valence-corrected chi connectivity index (χ3v) is 3.30. The van der Waals surface area contributed by atoms with Crippen molar-refractivity contribution in [3.63, 3.8) is 0 Å². The van der Waals surface area contributed by atoms with Gasteiger partial charge in [-0.2, -0.15) is 0 Å². The van der Waals surface area contributed by atoms with Crippen molar-refractivity contribution in [2.45, 2.75) is 38.8 Å². The molecule has 15 heavy (non-hydrogen) atoms. The van der Waals surface area contributed by atoms with Crippen LogP contribution in [-0.4, -0.2) is 49.8 Å². The summed E-state index contributed by atoms with van der Waals surface area (Å²) in [6, 6.07) is 1.18. The van der Waals surface area contributed by atoms with E-state index in [2.05, 4.69) is 24.1 Å².